The average molecular weight is 450 g/mol. The van der Waals surface area contributed by atoms with E-state index >= 15 is 0 Å². The summed E-state index contributed by atoms with van der Waals surface area (Å²) in [4.78, 5) is 2.57. The van der Waals surface area contributed by atoms with Crippen molar-refractivity contribution >= 4 is 17.8 Å². The van der Waals surface area contributed by atoms with Crippen LogP contribution in [0.2, 0.25) is 0 Å². The first-order chi connectivity index (χ1) is 15.9. The number of unbranched alkanes of at least 4 members (excludes halogenated alkanes) is 1. The van der Waals surface area contributed by atoms with E-state index in [-0.39, 0.29) is 0 Å². The van der Waals surface area contributed by atoms with Gasteiger partial charge in [-0.15, -0.1) is 22.0 Å². The fourth-order valence-corrected chi connectivity index (χ4v) is 4.36. The third kappa shape index (κ3) is 7.24. The van der Waals surface area contributed by atoms with E-state index in [9.17, 15) is 0 Å². The predicted molar refractivity (Wildman–Crippen MR) is 132 cm³/mol. The number of para-hydroxylation sites is 1. The lowest BCUT2D eigenvalue weighted by molar-refractivity contribution is 0.335. The Hall–Kier alpha value is -2.57. The maximum Gasteiger partial charge on any atom is 0.247 e. The maximum atomic E-state index is 5.83. The lowest BCUT2D eigenvalue weighted by atomic mass is 10.1. The van der Waals surface area contributed by atoms with Gasteiger partial charge in [0.15, 0.2) is 0 Å². The minimum Gasteiger partial charge on any atom is -0.493 e. The van der Waals surface area contributed by atoms with Crippen LogP contribution in [0.15, 0.2) is 65.1 Å². The van der Waals surface area contributed by atoms with Crippen LogP contribution in [0.3, 0.4) is 0 Å². The second-order valence-corrected chi connectivity index (χ2v) is 9.04. The Bertz CT molecular complexity index is 951. The molecule has 2 aromatic carbocycles. The van der Waals surface area contributed by atoms with E-state index in [0.717, 1.165) is 23.5 Å². The number of nitrogens with zero attached hydrogens (tertiary/aromatic N) is 3. The molecule has 0 spiro atoms. The van der Waals surface area contributed by atoms with Gasteiger partial charge in [-0.2, -0.15) is 0 Å². The van der Waals surface area contributed by atoms with Crippen LogP contribution in [-0.2, 0) is 5.75 Å². The Morgan fingerprint density at radius 3 is 2.62 bits per heavy atom. The molecule has 0 bridgehead atoms. The molecule has 1 fully saturated rings. The average Bonchev–Trinajstić information content (AvgIpc) is 3.52. The zero-order chi connectivity index (χ0) is 21.8. The molecular formula is C26H31N3O2S. The van der Waals surface area contributed by atoms with Gasteiger partial charge in [-0.3, -0.25) is 0 Å². The topological polar surface area (TPSA) is 51.4 Å². The molecule has 0 aliphatic carbocycles. The van der Waals surface area contributed by atoms with Crippen LogP contribution >= 0.6 is 11.8 Å². The van der Waals surface area contributed by atoms with Crippen molar-refractivity contribution in [2.45, 2.75) is 31.4 Å². The van der Waals surface area contributed by atoms with Gasteiger partial charge >= 0.3 is 0 Å². The molecule has 1 aliphatic heterocycles. The van der Waals surface area contributed by atoms with Crippen molar-refractivity contribution in [2.24, 2.45) is 0 Å². The molecular weight excluding hydrogens is 418 g/mol. The smallest absolute Gasteiger partial charge is 0.247 e. The van der Waals surface area contributed by atoms with E-state index in [1.807, 2.05) is 42.5 Å². The fraction of sp³-hybridized carbons (Fsp3) is 0.385. The molecule has 4 rings (SSSR count). The molecule has 0 radical (unpaired) electrons. The minimum atomic E-state index is 0.572. The molecule has 5 nitrogen and oxygen atoms in total. The first-order valence-electron chi connectivity index (χ1n) is 11.4. The number of aromatic nitrogens is 2. The van der Waals surface area contributed by atoms with Gasteiger partial charge in [0.2, 0.25) is 11.8 Å². The number of benzene rings is 2. The molecule has 0 atom stereocenters. The summed E-state index contributed by atoms with van der Waals surface area (Å²) in [5.74, 6) is 3.66. The van der Waals surface area contributed by atoms with Crippen LogP contribution in [0.4, 0.5) is 0 Å². The zero-order valence-electron chi connectivity index (χ0n) is 18.5. The van der Waals surface area contributed by atoms with Gasteiger partial charge < -0.3 is 14.1 Å². The van der Waals surface area contributed by atoms with Crippen molar-refractivity contribution in [1.82, 2.24) is 15.1 Å². The van der Waals surface area contributed by atoms with Gasteiger partial charge in [0.25, 0.3) is 0 Å². The number of hydrogen-bond acceptors (Lipinski definition) is 6. The van der Waals surface area contributed by atoms with Gasteiger partial charge in [-0.25, -0.2) is 0 Å². The number of likely N-dealkylation sites (tertiary alicyclic amines) is 1. The van der Waals surface area contributed by atoms with Crippen LogP contribution in [0.5, 0.6) is 5.75 Å². The Labute approximate surface area is 194 Å². The highest BCUT2D eigenvalue weighted by Gasteiger charge is 2.10. The van der Waals surface area contributed by atoms with Crippen LogP contribution in [0.25, 0.3) is 17.5 Å². The molecule has 0 N–H and O–H groups in total. The first kappa shape index (κ1) is 22.6. The number of rotatable bonds is 12. The van der Waals surface area contributed by atoms with E-state index in [2.05, 4.69) is 39.4 Å². The highest BCUT2D eigenvalue weighted by molar-refractivity contribution is 7.98. The van der Waals surface area contributed by atoms with Crippen LogP contribution in [0, 0.1) is 0 Å². The van der Waals surface area contributed by atoms with Crippen molar-refractivity contribution < 1.29 is 9.15 Å². The van der Waals surface area contributed by atoms with Crippen molar-refractivity contribution in [1.29, 1.82) is 0 Å². The van der Waals surface area contributed by atoms with Crippen LogP contribution < -0.4 is 4.74 Å². The van der Waals surface area contributed by atoms with Crippen molar-refractivity contribution in [3.8, 4) is 17.2 Å². The van der Waals surface area contributed by atoms with E-state index in [1.165, 1.54) is 44.5 Å². The highest BCUT2D eigenvalue weighted by Crippen LogP contribution is 2.21. The second kappa shape index (κ2) is 12.5. The molecule has 0 unspecified atom stereocenters. The summed E-state index contributed by atoms with van der Waals surface area (Å²) in [6, 6.07) is 18.2. The standard InChI is InChI=1S/C26H31N3O2S/c1-4-10-24(11-5-1)30-19-20-32-21-25-27-28-26(31-25)23-14-12-22(13-15-23)9-3-2-6-16-29-17-7-8-18-29/h1,3-5,9-15H,2,6-8,16-21H2. The normalized spacial score (nSPS) is 14.4. The number of thioether (sulfide) groups is 1. The lowest BCUT2D eigenvalue weighted by Gasteiger charge is -2.12. The molecule has 2 heterocycles. The van der Waals surface area contributed by atoms with Crippen molar-refractivity contribution in [3.05, 3.63) is 72.1 Å². The Balaban J connectivity index is 1.16. The minimum absolute atomic E-state index is 0.572. The summed E-state index contributed by atoms with van der Waals surface area (Å²) in [5, 5.41) is 8.38. The quantitative estimate of drug-likeness (QED) is 0.319. The maximum absolute atomic E-state index is 5.83. The number of hydrogen-bond donors (Lipinski definition) is 0. The fourth-order valence-electron chi connectivity index (χ4n) is 3.72. The van der Waals surface area contributed by atoms with Crippen molar-refractivity contribution in [3.63, 3.8) is 0 Å². The van der Waals surface area contributed by atoms with Crippen molar-refractivity contribution in [2.75, 3.05) is 32.0 Å². The Morgan fingerprint density at radius 2 is 1.81 bits per heavy atom. The number of allylic oxidation sites excluding steroid dienone is 1. The van der Waals surface area contributed by atoms with Gasteiger partial charge in [0, 0.05) is 11.3 Å². The van der Waals surface area contributed by atoms with Crippen LogP contribution in [-0.4, -0.2) is 47.1 Å². The van der Waals surface area contributed by atoms with E-state index in [4.69, 9.17) is 9.15 Å². The summed E-state index contributed by atoms with van der Waals surface area (Å²) in [7, 11) is 0. The first-order valence-corrected chi connectivity index (χ1v) is 12.6. The summed E-state index contributed by atoms with van der Waals surface area (Å²) in [5.41, 5.74) is 2.15. The van der Waals surface area contributed by atoms with E-state index in [1.54, 1.807) is 11.8 Å². The van der Waals surface area contributed by atoms with E-state index < -0.39 is 0 Å². The number of ether oxygens (including phenoxy) is 1. The molecule has 3 aromatic rings. The third-order valence-electron chi connectivity index (χ3n) is 5.44. The van der Waals surface area contributed by atoms with Gasteiger partial charge in [0.05, 0.1) is 12.4 Å². The van der Waals surface area contributed by atoms with Crippen LogP contribution in [0.1, 0.15) is 37.1 Å². The zero-order valence-corrected chi connectivity index (χ0v) is 19.3. The largest absolute Gasteiger partial charge is 0.493 e. The molecule has 168 valence electrons. The summed E-state index contributed by atoms with van der Waals surface area (Å²) in [6.45, 7) is 4.44. The lowest BCUT2D eigenvalue weighted by Crippen LogP contribution is -2.19. The molecule has 0 saturated carbocycles. The summed E-state index contributed by atoms with van der Waals surface area (Å²) < 4.78 is 11.5. The molecule has 1 aromatic heterocycles. The monoisotopic (exact) mass is 449 g/mol. The molecule has 32 heavy (non-hydrogen) atoms. The molecule has 6 heteroatoms. The van der Waals surface area contributed by atoms with Gasteiger partial charge in [-0.05, 0) is 75.1 Å². The Kier molecular flexibility index (Phi) is 8.81. The molecule has 0 amide bonds. The highest BCUT2D eigenvalue weighted by atomic mass is 32.2. The SMILES string of the molecule is C(=Cc1ccc(-c2nnc(CSCCOc3ccccc3)o2)cc1)CCCN1CCCC1. The predicted octanol–water partition coefficient (Wildman–Crippen LogP) is 5.94. The molecule has 1 saturated heterocycles. The molecule has 1 aliphatic rings. The third-order valence-corrected chi connectivity index (χ3v) is 6.35. The summed E-state index contributed by atoms with van der Waals surface area (Å²) in [6.07, 6.45) is 9.56. The summed E-state index contributed by atoms with van der Waals surface area (Å²) >= 11 is 1.72. The second-order valence-electron chi connectivity index (χ2n) is 7.93. The van der Waals surface area contributed by atoms with Gasteiger partial charge in [-0.1, -0.05) is 42.5 Å². The van der Waals surface area contributed by atoms with E-state index in [0.29, 0.717) is 24.1 Å². The van der Waals surface area contributed by atoms with Gasteiger partial charge in [0.1, 0.15) is 5.75 Å². The Morgan fingerprint density at radius 1 is 1.00 bits per heavy atom.